The molecule has 0 aliphatic heterocycles. The fourth-order valence-electron chi connectivity index (χ4n) is 2.21. The molecule has 1 aromatic heterocycles. The Morgan fingerprint density at radius 3 is 2.67 bits per heavy atom. The second-order valence-corrected chi connectivity index (χ2v) is 6.65. The number of anilines is 2. The van der Waals surface area contributed by atoms with Crippen LogP contribution in [0.5, 0.6) is 0 Å². The molecule has 0 aliphatic carbocycles. The van der Waals surface area contributed by atoms with Gasteiger partial charge in [0.1, 0.15) is 12.1 Å². The lowest BCUT2D eigenvalue weighted by molar-refractivity contribution is 1.21. The molecule has 0 atom stereocenters. The molecular formula is C16H13Br2N3. The molecule has 0 amide bonds. The molecule has 0 radical (unpaired) electrons. The van der Waals surface area contributed by atoms with Crippen LogP contribution in [0, 0.1) is 13.8 Å². The van der Waals surface area contributed by atoms with Gasteiger partial charge in [0.15, 0.2) is 0 Å². The van der Waals surface area contributed by atoms with Crippen molar-refractivity contribution in [3.05, 3.63) is 56.7 Å². The SMILES string of the molecule is Cc1cccc(Nc2ncnc3c(Br)cc(Br)cc23)c1C. The first-order valence-corrected chi connectivity index (χ1v) is 8.08. The normalized spacial score (nSPS) is 10.9. The number of nitrogens with one attached hydrogen (secondary N) is 1. The third-order valence-electron chi connectivity index (χ3n) is 3.51. The zero-order valence-corrected chi connectivity index (χ0v) is 14.8. The van der Waals surface area contributed by atoms with E-state index in [4.69, 9.17) is 0 Å². The predicted octanol–water partition coefficient (Wildman–Crippen LogP) is 5.52. The topological polar surface area (TPSA) is 37.8 Å². The van der Waals surface area contributed by atoms with Crippen LogP contribution in [0.25, 0.3) is 10.9 Å². The number of aromatic nitrogens is 2. The fraction of sp³-hybridized carbons (Fsp3) is 0.125. The third kappa shape index (κ3) is 2.80. The van der Waals surface area contributed by atoms with E-state index >= 15 is 0 Å². The van der Waals surface area contributed by atoms with E-state index in [0.29, 0.717) is 0 Å². The van der Waals surface area contributed by atoms with Crippen molar-refractivity contribution in [1.29, 1.82) is 0 Å². The van der Waals surface area contributed by atoms with Crippen molar-refractivity contribution in [2.24, 2.45) is 0 Å². The van der Waals surface area contributed by atoms with Crippen LogP contribution in [0.4, 0.5) is 11.5 Å². The minimum atomic E-state index is 0.802. The second kappa shape index (κ2) is 5.73. The number of nitrogens with zero attached hydrogens (tertiary/aromatic N) is 2. The third-order valence-corrected chi connectivity index (χ3v) is 4.58. The summed E-state index contributed by atoms with van der Waals surface area (Å²) in [6.45, 7) is 4.21. The van der Waals surface area contributed by atoms with Crippen LogP contribution in [0.15, 0.2) is 45.6 Å². The fourth-order valence-corrected chi connectivity index (χ4v) is 3.53. The van der Waals surface area contributed by atoms with E-state index in [9.17, 15) is 0 Å². The van der Waals surface area contributed by atoms with Crippen molar-refractivity contribution in [1.82, 2.24) is 9.97 Å². The van der Waals surface area contributed by atoms with Gasteiger partial charge in [0.05, 0.1) is 5.52 Å². The van der Waals surface area contributed by atoms with Gasteiger partial charge in [-0.05, 0) is 59.1 Å². The number of aryl methyl sites for hydroxylation is 1. The summed E-state index contributed by atoms with van der Waals surface area (Å²) in [5.74, 6) is 0.802. The molecule has 0 saturated carbocycles. The van der Waals surface area contributed by atoms with Crippen LogP contribution in [0.2, 0.25) is 0 Å². The molecule has 3 aromatic rings. The Morgan fingerprint density at radius 2 is 1.86 bits per heavy atom. The summed E-state index contributed by atoms with van der Waals surface area (Å²) < 4.78 is 1.93. The van der Waals surface area contributed by atoms with Crippen molar-refractivity contribution in [3.8, 4) is 0 Å². The van der Waals surface area contributed by atoms with Gasteiger partial charge < -0.3 is 5.32 Å². The highest BCUT2D eigenvalue weighted by Gasteiger charge is 2.09. The Balaban J connectivity index is 2.15. The molecular weight excluding hydrogens is 394 g/mol. The summed E-state index contributed by atoms with van der Waals surface area (Å²) in [5, 5.41) is 4.39. The van der Waals surface area contributed by atoms with Crippen molar-refractivity contribution < 1.29 is 0 Å². The minimum Gasteiger partial charge on any atom is -0.339 e. The lowest BCUT2D eigenvalue weighted by Gasteiger charge is -2.13. The van der Waals surface area contributed by atoms with Crippen LogP contribution in [-0.2, 0) is 0 Å². The molecule has 5 heteroatoms. The average Bonchev–Trinajstić information content (AvgIpc) is 2.44. The quantitative estimate of drug-likeness (QED) is 0.609. The van der Waals surface area contributed by atoms with Gasteiger partial charge in [0.25, 0.3) is 0 Å². The van der Waals surface area contributed by atoms with Gasteiger partial charge >= 0.3 is 0 Å². The zero-order chi connectivity index (χ0) is 15.0. The van der Waals surface area contributed by atoms with Crippen LogP contribution in [-0.4, -0.2) is 9.97 Å². The monoisotopic (exact) mass is 405 g/mol. The Kier molecular flexibility index (Phi) is 3.95. The molecule has 0 saturated heterocycles. The lowest BCUT2D eigenvalue weighted by atomic mass is 10.1. The average molecular weight is 407 g/mol. The molecule has 3 nitrogen and oxygen atoms in total. The van der Waals surface area contributed by atoms with Gasteiger partial charge in [-0.1, -0.05) is 28.1 Å². The van der Waals surface area contributed by atoms with E-state index in [2.05, 4.69) is 73.1 Å². The highest BCUT2D eigenvalue weighted by atomic mass is 79.9. The Labute approximate surface area is 140 Å². The first kappa shape index (κ1) is 14.5. The Hall–Kier alpha value is -1.46. The largest absolute Gasteiger partial charge is 0.339 e. The van der Waals surface area contributed by atoms with Crippen LogP contribution < -0.4 is 5.32 Å². The second-order valence-electron chi connectivity index (χ2n) is 4.88. The first-order chi connectivity index (χ1) is 10.1. The van der Waals surface area contributed by atoms with E-state index in [1.165, 1.54) is 11.1 Å². The van der Waals surface area contributed by atoms with Crippen molar-refractivity contribution in [2.45, 2.75) is 13.8 Å². The molecule has 1 N–H and O–H groups in total. The zero-order valence-electron chi connectivity index (χ0n) is 11.6. The number of halogens is 2. The van der Waals surface area contributed by atoms with Gasteiger partial charge in [0, 0.05) is 20.0 Å². The van der Waals surface area contributed by atoms with Gasteiger partial charge in [-0.2, -0.15) is 0 Å². The lowest BCUT2D eigenvalue weighted by Crippen LogP contribution is -1.99. The molecule has 0 fully saturated rings. The van der Waals surface area contributed by atoms with E-state index < -0.39 is 0 Å². The number of fused-ring (bicyclic) bond motifs is 1. The van der Waals surface area contributed by atoms with E-state index in [1.54, 1.807) is 6.33 Å². The standard InChI is InChI=1S/C16H13Br2N3/c1-9-4-3-5-14(10(9)2)21-16-12-6-11(17)7-13(18)15(12)19-8-20-16/h3-8H,1-2H3,(H,19,20,21). The first-order valence-electron chi connectivity index (χ1n) is 6.49. The summed E-state index contributed by atoms with van der Waals surface area (Å²) in [7, 11) is 0. The summed E-state index contributed by atoms with van der Waals surface area (Å²) in [6.07, 6.45) is 1.58. The van der Waals surface area contributed by atoms with E-state index in [1.807, 2.05) is 18.2 Å². The summed E-state index contributed by atoms with van der Waals surface area (Å²) >= 11 is 7.06. The van der Waals surface area contributed by atoms with Crippen LogP contribution in [0.3, 0.4) is 0 Å². The van der Waals surface area contributed by atoms with Gasteiger partial charge in [-0.25, -0.2) is 9.97 Å². The van der Waals surface area contributed by atoms with Gasteiger partial charge in [-0.15, -0.1) is 0 Å². The van der Waals surface area contributed by atoms with Crippen molar-refractivity contribution >= 4 is 54.3 Å². The Bertz CT molecular complexity index is 831. The summed E-state index contributed by atoms with van der Waals surface area (Å²) in [6, 6.07) is 10.2. The maximum absolute atomic E-state index is 4.39. The number of rotatable bonds is 2. The summed E-state index contributed by atoms with van der Waals surface area (Å²) in [4.78, 5) is 8.74. The molecule has 3 rings (SSSR count). The van der Waals surface area contributed by atoms with Gasteiger partial charge in [-0.3, -0.25) is 0 Å². The maximum Gasteiger partial charge on any atom is 0.141 e. The van der Waals surface area contributed by atoms with Crippen molar-refractivity contribution in [2.75, 3.05) is 5.32 Å². The molecule has 2 aromatic carbocycles. The predicted molar refractivity (Wildman–Crippen MR) is 94.1 cm³/mol. The smallest absolute Gasteiger partial charge is 0.141 e. The van der Waals surface area contributed by atoms with Crippen molar-refractivity contribution in [3.63, 3.8) is 0 Å². The van der Waals surface area contributed by atoms with Crippen LogP contribution >= 0.6 is 31.9 Å². The molecule has 0 unspecified atom stereocenters. The number of benzene rings is 2. The highest BCUT2D eigenvalue weighted by Crippen LogP contribution is 2.32. The van der Waals surface area contributed by atoms with Gasteiger partial charge in [0.2, 0.25) is 0 Å². The molecule has 106 valence electrons. The molecule has 21 heavy (non-hydrogen) atoms. The maximum atomic E-state index is 4.39. The summed E-state index contributed by atoms with van der Waals surface area (Å²) in [5.41, 5.74) is 4.42. The Morgan fingerprint density at radius 1 is 1.05 bits per heavy atom. The highest BCUT2D eigenvalue weighted by molar-refractivity contribution is 9.11. The molecule has 0 spiro atoms. The number of hydrogen-bond acceptors (Lipinski definition) is 3. The van der Waals surface area contributed by atoms with Crippen LogP contribution in [0.1, 0.15) is 11.1 Å². The minimum absolute atomic E-state index is 0.802. The number of hydrogen-bond donors (Lipinski definition) is 1. The molecule has 0 bridgehead atoms. The van der Waals surface area contributed by atoms with E-state index in [0.717, 1.165) is 31.4 Å². The molecule has 1 heterocycles. The van der Waals surface area contributed by atoms with E-state index in [-0.39, 0.29) is 0 Å². The molecule has 0 aliphatic rings.